The van der Waals surface area contributed by atoms with E-state index >= 15 is 0 Å². The molecular formula is C30H56O10. The lowest BCUT2D eigenvalue weighted by Gasteiger charge is -2.23. The summed E-state index contributed by atoms with van der Waals surface area (Å²) >= 11 is 0. The number of ether oxygens (including phenoxy) is 2. The molecule has 0 aliphatic carbocycles. The van der Waals surface area contributed by atoms with Crippen LogP contribution in [0.25, 0.3) is 0 Å². The van der Waals surface area contributed by atoms with Gasteiger partial charge in [-0.25, -0.2) is 0 Å². The van der Waals surface area contributed by atoms with E-state index in [1.54, 1.807) is 0 Å². The van der Waals surface area contributed by atoms with Crippen LogP contribution in [-0.4, -0.2) is 80.1 Å². The Morgan fingerprint density at radius 1 is 0.525 bits per heavy atom. The SMILES string of the molecule is CCCCC[C@H](O)C[C@H](O)CC(=O)O[C@H](CCCCC)C[C@H](O)CC(=O)O[C@H](CC(=O)O)C[C@@H](O)CCCCC. The monoisotopic (exact) mass is 576 g/mol. The summed E-state index contributed by atoms with van der Waals surface area (Å²) in [6.45, 7) is 6.13. The third-order valence-corrected chi connectivity index (χ3v) is 6.83. The Morgan fingerprint density at radius 3 is 1.40 bits per heavy atom. The second-order valence-corrected chi connectivity index (χ2v) is 11.0. The molecule has 10 nitrogen and oxygen atoms in total. The van der Waals surface area contributed by atoms with Crippen molar-refractivity contribution < 1.29 is 49.4 Å². The van der Waals surface area contributed by atoms with Crippen LogP contribution < -0.4 is 0 Å². The Bertz CT molecular complexity index is 671. The number of hydrogen-bond donors (Lipinski definition) is 5. The van der Waals surface area contributed by atoms with Gasteiger partial charge in [0.2, 0.25) is 0 Å². The molecule has 0 unspecified atom stereocenters. The van der Waals surface area contributed by atoms with Crippen LogP contribution in [0.5, 0.6) is 0 Å². The Hall–Kier alpha value is -1.75. The quantitative estimate of drug-likeness (QED) is 0.0733. The summed E-state index contributed by atoms with van der Waals surface area (Å²) in [5.74, 6) is -2.58. The Kier molecular flexibility index (Phi) is 22.9. The lowest BCUT2D eigenvalue weighted by molar-refractivity contribution is -0.157. The summed E-state index contributed by atoms with van der Waals surface area (Å²) in [4.78, 5) is 36.2. The Balaban J connectivity index is 4.87. The second kappa shape index (κ2) is 23.9. The highest BCUT2D eigenvalue weighted by Crippen LogP contribution is 2.19. The van der Waals surface area contributed by atoms with Crippen LogP contribution in [0.15, 0.2) is 0 Å². The standard InChI is InChI=1S/C30H56O10/c1-4-7-10-13-22(31)16-24(33)19-29(37)39-26(15-12-9-6-3)18-25(34)20-30(38)40-27(21-28(35)36)17-23(32)14-11-8-5-2/h22-27,31-34H,4-21H2,1-3H3,(H,35,36)/t22-,23-,24-,25-,26+,27-/m0/s1. The van der Waals surface area contributed by atoms with E-state index in [1.807, 2.05) is 13.8 Å². The normalized spacial score (nSPS) is 16.0. The summed E-state index contributed by atoms with van der Waals surface area (Å²) in [5, 5.41) is 50.2. The molecule has 40 heavy (non-hydrogen) atoms. The minimum Gasteiger partial charge on any atom is -0.481 e. The number of carbonyl (C=O) groups is 3. The molecule has 0 fully saturated rings. The number of hydrogen-bond acceptors (Lipinski definition) is 9. The average Bonchev–Trinajstić information content (AvgIpc) is 2.83. The first-order valence-corrected chi connectivity index (χ1v) is 15.3. The first kappa shape index (κ1) is 38.2. The van der Waals surface area contributed by atoms with Gasteiger partial charge in [-0.2, -0.15) is 0 Å². The zero-order valence-electron chi connectivity index (χ0n) is 25.0. The molecule has 0 amide bonds. The van der Waals surface area contributed by atoms with Crippen molar-refractivity contribution >= 4 is 17.9 Å². The van der Waals surface area contributed by atoms with Gasteiger partial charge >= 0.3 is 17.9 Å². The molecule has 0 aliphatic rings. The molecule has 0 saturated heterocycles. The van der Waals surface area contributed by atoms with E-state index < -0.39 is 67.4 Å². The van der Waals surface area contributed by atoms with Gasteiger partial charge in [0.25, 0.3) is 0 Å². The number of aliphatic carboxylic acids is 1. The number of carbonyl (C=O) groups excluding carboxylic acids is 2. The van der Waals surface area contributed by atoms with Crippen LogP contribution in [-0.2, 0) is 23.9 Å². The molecule has 0 aromatic rings. The third-order valence-electron chi connectivity index (χ3n) is 6.83. The minimum atomic E-state index is -1.18. The molecule has 6 atom stereocenters. The van der Waals surface area contributed by atoms with E-state index in [1.165, 1.54) is 0 Å². The highest BCUT2D eigenvalue weighted by Gasteiger charge is 2.26. The van der Waals surface area contributed by atoms with Crippen molar-refractivity contribution in [3.63, 3.8) is 0 Å². The zero-order valence-corrected chi connectivity index (χ0v) is 25.0. The summed E-state index contributed by atoms with van der Waals surface area (Å²) in [5.41, 5.74) is 0. The van der Waals surface area contributed by atoms with Gasteiger partial charge in [-0.3, -0.25) is 14.4 Å². The van der Waals surface area contributed by atoms with Crippen molar-refractivity contribution in [2.45, 2.75) is 173 Å². The second-order valence-electron chi connectivity index (χ2n) is 11.0. The highest BCUT2D eigenvalue weighted by molar-refractivity contribution is 5.72. The molecule has 5 N–H and O–H groups in total. The van der Waals surface area contributed by atoms with E-state index in [4.69, 9.17) is 14.6 Å². The van der Waals surface area contributed by atoms with Gasteiger partial charge in [0, 0.05) is 12.8 Å². The zero-order chi connectivity index (χ0) is 30.3. The lowest BCUT2D eigenvalue weighted by atomic mass is 10.0. The van der Waals surface area contributed by atoms with Gasteiger partial charge in [-0.15, -0.1) is 0 Å². The summed E-state index contributed by atoms with van der Waals surface area (Å²) in [6.07, 6.45) is 3.28. The fraction of sp³-hybridized carbons (Fsp3) is 0.900. The summed E-state index contributed by atoms with van der Waals surface area (Å²) < 4.78 is 10.8. The van der Waals surface area contributed by atoms with Crippen molar-refractivity contribution in [1.82, 2.24) is 0 Å². The molecule has 0 aliphatic heterocycles. The maximum absolute atomic E-state index is 12.5. The molecule has 236 valence electrons. The molecule has 0 aromatic carbocycles. The molecule has 10 heteroatoms. The Labute approximate surface area is 240 Å². The molecule has 0 bridgehead atoms. The van der Waals surface area contributed by atoms with E-state index in [-0.39, 0.29) is 25.7 Å². The maximum atomic E-state index is 12.5. The third kappa shape index (κ3) is 22.0. The molecule has 0 spiro atoms. The molecular weight excluding hydrogens is 520 g/mol. The van der Waals surface area contributed by atoms with Crippen molar-refractivity contribution in [2.24, 2.45) is 0 Å². The number of unbranched alkanes of at least 4 members (excludes halogenated alkanes) is 6. The maximum Gasteiger partial charge on any atom is 0.308 e. The van der Waals surface area contributed by atoms with E-state index in [9.17, 15) is 34.8 Å². The summed E-state index contributed by atoms with van der Waals surface area (Å²) in [7, 11) is 0. The van der Waals surface area contributed by atoms with Crippen LogP contribution in [0, 0.1) is 0 Å². The number of aliphatic hydroxyl groups is 4. The number of aliphatic hydroxyl groups excluding tert-OH is 4. The van der Waals surface area contributed by atoms with Crippen LogP contribution in [0.2, 0.25) is 0 Å². The average molecular weight is 577 g/mol. The number of esters is 2. The molecule has 0 saturated carbocycles. The predicted octanol–water partition coefficient (Wildman–Crippen LogP) is 4.42. The van der Waals surface area contributed by atoms with Crippen molar-refractivity contribution in [3.05, 3.63) is 0 Å². The minimum absolute atomic E-state index is 0.00470. The fourth-order valence-corrected chi connectivity index (χ4v) is 4.65. The fourth-order valence-electron chi connectivity index (χ4n) is 4.65. The lowest BCUT2D eigenvalue weighted by Crippen LogP contribution is -2.30. The molecule has 0 radical (unpaired) electrons. The van der Waals surface area contributed by atoms with Gasteiger partial charge in [0.05, 0.1) is 43.7 Å². The number of rotatable bonds is 26. The van der Waals surface area contributed by atoms with Crippen LogP contribution in [0.1, 0.15) is 136 Å². The largest absolute Gasteiger partial charge is 0.481 e. The molecule has 0 rings (SSSR count). The van der Waals surface area contributed by atoms with Crippen LogP contribution in [0.4, 0.5) is 0 Å². The van der Waals surface area contributed by atoms with Gasteiger partial charge < -0.3 is 35.0 Å². The highest BCUT2D eigenvalue weighted by atomic mass is 16.6. The van der Waals surface area contributed by atoms with E-state index in [0.29, 0.717) is 19.3 Å². The van der Waals surface area contributed by atoms with E-state index in [0.717, 1.165) is 57.8 Å². The van der Waals surface area contributed by atoms with E-state index in [2.05, 4.69) is 6.92 Å². The topological polar surface area (TPSA) is 171 Å². The van der Waals surface area contributed by atoms with Gasteiger partial charge in [0.1, 0.15) is 12.2 Å². The van der Waals surface area contributed by atoms with Crippen LogP contribution >= 0.6 is 0 Å². The van der Waals surface area contributed by atoms with Gasteiger partial charge in [-0.05, 0) is 32.1 Å². The smallest absolute Gasteiger partial charge is 0.308 e. The van der Waals surface area contributed by atoms with Crippen molar-refractivity contribution in [3.8, 4) is 0 Å². The van der Waals surface area contributed by atoms with Crippen LogP contribution in [0.3, 0.4) is 0 Å². The first-order valence-electron chi connectivity index (χ1n) is 15.3. The number of carboxylic acids is 1. The summed E-state index contributed by atoms with van der Waals surface area (Å²) in [6, 6.07) is 0. The van der Waals surface area contributed by atoms with Gasteiger partial charge in [-0.1, -0.05) is 72.1 Å². The molecule has 0 heterocycles. The van der Waals surface area contributed by atoms with Crippen molar-refractivity contribution in [1.29, 1.82) is 0 Å². The number of carboxylic acid groups (broad SMARTS) is 1. The van der Waals surface area contributed by atoms with Gasteiger partial charge in [0.15, 0.2) is 0 Å². The Morgan fingerprint density at radius 2 is 0.925 bits per heavy atom. The van der Waals surface area contributed by atoms with Crippen molar-refractivity contribution in [2.75, 3.05) is 0 Å². The predicted molar refractivity (Wildman–Crippen MR) is 152 cm³/mol. The first-order chi connectivity index (χ1) is 19.0. The molecule has 0 aromatic heterocycles.